The normalized spacial score (nSPS) is 11.1. The number of sulfonamides is 1. The summed E-state index contributed by atoms with van der Waals surface area (Å²) < 4.78 is 29.2. The molecular weight excluding hydrogens is 466 g/mol. The van der Waals surface area contributed by atoms with Gasteiger partial charge in [0.05, 0.1) is 4.90 Å². The summed E-state index contributed by atoms with van der Waals surface area (Å²) in [5.74, 6) is 0.812. The van der Waals surface area contributed by atoms with E-state index in [4.69, 9.17) is 15.0 Å². The Kier molecular flexibility index (Phi) is 6.22. The van der Waals surface area contributed by atoms with Crippen LogP contribution in [0.4, 0.5) is 21.4 Å². The Morgan fingerprint density at radius 1 is 1.06 bits per heavy atom. The molecule has 0 spiro atoms. The predicted octanol–water partition coefficient (Wildman–Crippen LogP) is 4.48. The first-order valence-electron chi connectivity index (χ1n) is 9.38. The van der Waals surface area contributed by atoms with Crippen molar-refractivity contribution in [2.45, 2.75) is 4.90 Å². The van der Waals surface area contributed by atoms with Crippen molar-refractivity contribution in [2.75, 3.05) is 10.6 Å². The summed E-state index contributed by atoms with van der Waals surface area (Å²) in [5, 5.41) is 20.0. The number of nitrogens with zero attached hydrogens (tertiary/aromatic N) is 2. The summed E-state index contributed by atoms with van der Waals surface area (Å²) in [6.07, 6.45) is 0.285. The Hall–Kier alpha value is -4.00. The lowest BCUT2D eigenvalue weighted by atomic mass is 10.2. The zero-order valence-electron chi connectivity index (χ0n) is 16.8. The van der Waals surface area contributed by atoms with Crippen molar-refractivity contribution >= 4 is 44.1 Å². The quantitative estimate of drug-likeness (QED) is 0.300. The molecule has 0 bridgehead atoms. The highest BCUT2D eigenvalue weighted by Gasteiger charge is 2.17. The van der Waals surface area contributed by atoms with Crippen LogP contribution in [0.3, 0.4) is 0 Å². The van der Waals surface area contributed by atoms with Gasteiger partial charge < -0.3 is 15.2 Å². The molecule has 2 aromatic carbocycles. The van der Waals surface area contributed by atoms with Gasteiger partial charge in [0, 0.05) is 23.5 Å². The number of benzene rings is 2. The molecule has 2 heterocycles. The third kappa shape index (κ3) is 5.63. The molecule has 0 unspecified atom stereocenters. The first-order valence-corrected chi connectivity index (χ1v) is 11.7. The minimum absolute atomic E-state index is 0.0319. The van der Waals surface area contributed by atoms with Crippen molar-refractivity contribution in [3.8, 4) is 22.1 Å². The number of nitrogens with two attached hydrogens (primary N) is 1. The third-order valence-electron chi connectivity index (χ3n) is 4.23. The fourth-order valence-electron chi connectivity index (χ4n) is 2.85. The maximum atomic E-state index is 11.6. The number of anilines is 3. The van der Waals surface area contributed by atoms with E-state index in [1.807, 2.05) is 30.3 Å². The average molecular weight is 484 g/mol. The summed E-state index contributed by atoms with van der Waals surface area (Å²) in [4.78, 5) is 19.6. The van der Waals surface area contributed by atoms with Gasteiger partial charge in [0.15, 0.2) is 5.13 Å². The second-order valence-electron chi connectivity index (χ2n) is 6.63. The van der Waals surface area contributed by atoms with Gasteiger partial charge in [-0.1, -0.05) is 47.7 Å². The molecule has 5 N–H and O–H groups in total. The van der Waals surface area contributed by atoms with Crippen LogP contribution in [0.2, 0.25) is 0 Å². The second-order valence-corrected chi connectivity index (χ2v) is 9.15. The van der Waals surface area contributed by atoms with E-state index in [0.29, 0.717) is 28.0 Å². The maximum Gasteiger partial charge on any atom is 0.410 e. The van der Waals surface area contributed by atoms with Crippen LogP contribution < -0.4 is 20.5 Å². The Bertz CT molecular complexity index is 1410. The Morgan fingerprint density at radius 2 is 1.85 bits per heavy atom. The fraction of sp³-hybridized carbons (Fsp3) is 0. The van der Waals surface area contributed by atoms with Gasteiger partial charge in [-0.05, 0) is 24.3 Å². The summed E-state index contributed by atoms with van der Waals surface area (Å²) in [5.41, 5.74) is 1.72. The summed E-state index contributed by atoms with van der Waals surface area (Å²) >= 11 is 1.05. The van der Waals surface area contributed by atoms with Crippen molar-refractivity contribution in [1.82, 2.24) is 9.97 Å². The van der Waals surface area contributed by atoms with E-state index in [2.05, 4.69) is 20.6 Å². The van der Waals surface area contributed by atoms with Crippen molar-refractivity contribution < 1.29 is 23.1 Å². The van der Waals surface area contributed by atoms with Crippen LogP contribution in [-0.4, -0.2) is 29.6 Å². The molecule has 12 heteroatoms. The van der Waals surface area contributed by atoms with E-state index < -0.39 is 16.1 Å². The molecule has 10 nitrogen and oxygen atoms in total. The molecule has 1 amide bonds. The van der Waals surface area contributed by atoms with Crippen molar-refractivity contribution in [3.05, 3.63) is 72.9 Å². The van der Waals surface area contributed by atoms with Crippen LogP contribution in [0.1, 0.15) is 0 Å². The smallest absolute Gasteiger partial charge is 0.410 e. The number of nitrogens with one attached hydrogen (secondary N) is 2. The number of amides is 1. The van der Waals surface area contributed by atoms with Gasteiger partial charge in [-0.2, -0.15) is 0 Å². The molecule has 168 valence electrons. The molecule has 0 aliphatic heterocycles. The molecule has 2 aromatic heterocycles. The van der Waals surface area contributed by atoms with Gasteiger partial charge in [0.25, 0.3) is 0 Å². The number of hydrogen-bond donors (Lipinski definition) is 4. The van der Waals surface area contributed by atoms with Crippen LogP contribution in [0.25, 0.3) is 11.3 Å². The number of ether oxygens (including phenoxy) is 1. The van der Waals surface area contributed by atoms with Crippen molar-refractivity contribution in [1.29, 1.82) is 0 Å². The van der Waals surface area contributed by atoms with E-state index in [-0.39, 0.29) is 10.0 Å². The number of rotatable bonds is 7. The molecule has 4 aromatic rings. The molecule has 0 aliphatic rings. The lowest BCUT2D eigenvalue weighted by Gasteiger charge is -2.09. The van der Waals surface area contributed by atoms with Gasteiger partial charge in [-0.25, -0.2) is 28.3 Å². The second kappa shape index (κ2) is 9.24. The largest absolute Gasteiger partial charge is 0.465 e. The standard InChI is InChI=1S/C21H17N5O5S2/c22-33(29,30)16-8-4-7-14(11-16)24-17-12-15(9-10-23-17)31-19-18(13-5-2-1-3-6-13)25-20(32-19)26-21(27)28/h1-12H,(H,23,24)(H,25,26)(H,27,28)(H2,22,29,30). The van der Waals surface area contributed by atoms with Gasteiger partial charge >= 0.3 is 6.09 Å². The van der Waals surface area contributed by atoms with Crippen LogP contribution in [0.15, 0.2) is 77.8 Å². The molecule has 0 aliphatic carbocycles. The summed E-state index contributed by atoms with van der Waals surface area (Å²) in [6, 6.07) is 18.5. The lowest BCUT2D eigenvalue weighted by molar-refractivity contribution is 0.209. The van der Waals surface area contributed by atoms with E-state index in [1.165, 1.54) is 18.3 Å². The first-order chi connectivity index (χ1) is 15.8. The SMILES string of the molecule is NS(=O)(=O)c1cccc(Nc2cc(Oc3sc(NC(=O)O)nc3-c3ccccc3)ccn2)c1. The number of carbonyl (C=O) groups is 1. The maximum absolute atomic E-state index is 11.6. The fourth-order valence-corrected chi connectivity index (χ4v) is 4.26. The highest BCUT2D eigenvalue weighted by molar-refractivity contribution is 7.89. The summed E-state index contributed by atoms with van der Waals surface area (Å²) in [6.45, 7) is 0. The van der Waals surface area contributed by atoms with Crippen LogP contribution in [0.5, 0.6) is 10.8 Å². The van der Waals surface area contributed by atoms with Crippen molar-refractivity contribution in [3.63, 3.8) is 0 Å². The predicted molar refractivity (Wildman–Crippen MR) is 125 cm³/mol. The zero-order valence-corrected chi connectivity index (χ0v) is 18.4. The first kappa shape index (κ1) is 22.2. The number of aromatic nitrogens is 2. The van der Waals surface area contributed by atoms with E-state index in [1.54, 1.807) is 24.3 Å². The van der Waals surface area contributed by atoms with Crippen LogP contribution >= 0.6 is 11.3 Å². The Morgan fingerprint density at radius 3 is 2.58 bits per heavy atom. The molecule has 0 radical (unpaired) electrons. The number of pyridine rings is 1. The molecular formula is C21H17N5O5S2. The van der Waals surface area contributed by atoms with Crippen molar-refractivity contribution in [2.24, 2.45) is 5.14 Å². The molecule has 4 rings (SSSR count). The van der Waals surface area contributed by atoms with Gasteiger partial charge in [-0.3, -0.25) is 5.32 Å². The number of thiazole rings is 1. The Labute approximate surface area is 192 Å². The minimum atomic E-state index is -3.84. The number of hydrogen-bond acceptors (Lipinski definition) is 8. The zero-order chi connectivity index (χ0) is 23.4. The average Bonchev–Trinajstić information content (AvgIpc) is 3.15. The molecule has 0 saturated carbocycles. The molecule has 0 atom stereocenters. The third-order valence-corrected chi connectivity index (χ3v) is 5.99. The monoisotopic (exact) mass is 483 g/mol. The van der Waals surface area contributed by atoms with E-state index in [9.17, 15) is 13.2 Å². The molecule has 33 heavy (non-hydrogen) atoms. The van der Waals surface area contributed by atoms with Gasteiger partial charge in [0.1, 0.15) is 17.3 Å². The highest BCUT2D eigenvalue weighted by atomic mass is 32.2. The minimum Gasteiger partial charge on any atom is -0.465 e. The van der Waals surface area contributed by atoms with Gasteiger partial charge in [0.2, 0.25) is 15.1 Å². The molecule has 0 saturated heterocycles. The molecule has 0 fully saturated rings. The van der Waals surface area contributed by atoms with Crippen LogP contribution in [0, 0.1) is 0 Å². The van der Waals surface area contributed by atoms with E-state index in [0.717, 1.165) is 16.9 Å². The number of primary sulfonamides is 1. The highest BCUT2D eigenvalue weighted by Crippen LogP contribution is 2.40. The van der Waals surface area contributed by atoms with Crippen LogP contribution in [-0.2, 0) is 10.0 Å². The number of carboxylic acid groups (broad SMARTS) is 1. The topological polar surface area (TPSA) is 157 Å². The van der Waals surface area contributed by atoms with Gasteiger partial charge in [-0.15, -0.1) is 0 Å². The summed E-state index contributed by atoms with van der Waals surface area (Å²) in [7, 11) is -3.84. The van der Waals surface area contributed by atoms with E-state index >= 15 is 0 Å². The lowest BCUT2D eigenvalue weighted by Crippen LogP contribution is -2.12. The Balaban J connectivity index is 1.61.